The van der Waals surface area contributed by atoms with E-state index in [1.165, 1.54) is 0 Å². The van der Waals surface area contributed by atoms with Gasteiger partial charge in [0.05, 0.1) is 16.7 Å². The normalized spacial score (nSPS) is 9.68. The minimum atomic E-state index is -0.728. The highest BCUT2D eigenvalue weighted by molar-refractivity contribution is 5.93. The minimum absolute atomic E-state index is 0.354. The second kappa shape index (κ2) is 11.3. The summed E-state index contributed by atoms with van der Waals surface area (Å²) in [4.78, 5) is 47.0. The number of hydrogen-bond donors (Lipinski definition) is 1. The summed E-state index contributed by atoms with van der Waals surface area (Å²) in [5.74, 6) is -2.11. The molecule has 1 N–H and O–H groups in total. The summed E-state index contributed by atoms with van der Waals surface area (Å²) in [6.45, 7) is 5.41. The smallest absolute Gasteiger partial charge is 0.296 e. The van der Waals surface area contributed by atoms with E-state index in [-0.39, 0.29) is 0 Å². The Labute approximate surface area is 179 Å². The van der Waals surface area contributed by atoms with Crippen LogP contribution in [0.4, 0.5) is 0 Å². The van der Waals surface area contributed by atoms with E-state index in [4.69, 9.17) is 5.26 Å². The van der Waals surface area contributed by atoms with Crippen molar-refractivity contribution in [1.82, 2.24) is 0 Å². The monoisotopic (exact) mass is 422 g/mol. The highest BCUT2D eigenvalue weighted by Gasteiger charge is 2.16. The van der Waals surface area contributed by atoms with Crippen LogP contribution in [-0.2, 0) is 14.7 Å². The molecule has 0 amide bonds. The summed E-state index contributed by atoms with van der Waals surface area (Å²) in [5.41, 5.74) is 3.55. The summed E-state index contributed by atoms with van der Waals surface area (Å²) in [5, 5.41) is 8.03. The number of benzene rings is 3. The molecule has 0 heterocycles. The summed E-state index contributed by atoms with van der Waals surface area (Å²) < 4.78 is 0. The molecule has 0 unspecified atom stereocenters. The number of carbonyl (C=O) groups is 3. The molecule has 3 rings (SSSR count). The van der Waals surface area contributed by atoms with Crippen molar-refractivity contribution in [2.75, 3.05) is 0 Å². The molecule has 0 bridgehead atoms. The molecule has 0 saturated carbocycles. The van der Waals surface area contributed by atoms with Crippen LogP contribution in [0.1, 0.15) is 47.8 Å². The van der Waals surface area contributed by atoms with E-state index >= 15 is 0 Å². The van der Waals surface area contributed by atoms with Gasteiger partial charge in [-0.3, -0.25) is 4.89 Å². The van der Waals surface area contributed by atoms with E-state index < -0.39 is 17.9 Å². The van der Waals surface area contributed by atoms with Crippen LogP contribution in [0.25, 0.3) is 0 Å². The molecule has 7 nitrogen and oxygen atoms in total. The molecular formula is C24H22O7. The molecule has 160 valence electrons. The van der Waals surface area contributed by atoms with Gasteiger partial charge in [-0.25, -0.2) is 24.2 Å². The maximum Gasteiger partial charge on any atom is 0.386 e. The van der Waals surface area contributed by atoms with Crippen molar-refractivity contribution in [3.8, 4) is 0 Å². The zero-order valence-electron chi connectivity index (χ0n) is 17.3. The molecule has 7 heteroatoms. The molecule has 0 aromatic heterocycles. The Morgan fingerprint density at radius 3 is 1.55 bits per heavy atom. The topological polar surface area (TPSA) is 99.1 Å². The van der Waals surface area contributed by atoms with Crippen molar-refractivity contribution < 1.29 is 34.3 Å². The Bertz CT molecular complexity index is 1020. The molecule has 0 aliphatic carbocycles. The molecule has 31 heavy (non-hydrogen) atoms. The lowest BCUT2D eigenvalue weighted by Gasteiger charge is -2.06. The second-order valence-corrected chi connectivity index (χ2v) is 6.62. The first-order valence-corrected chi connectivity index (χ1v) is 9.30. The third kappa shape index (κ3) is 6.80. The quantitative estimate of drug-likeness (QED) is 0.475. The van der Waals surface area contributed by atoms with Gasteiger partial charge in [0.15, 0.2) is 0 Å². The number of rotatable bonds is 3. The van der Waals surface area contributed by atoms with Gasteiger partial charge in [-0.2, -0.15) is 5.26 Å². The van der Waals surface area contributed by atoms with Crippen LogP contribution in [0.3, 0.4) is 0 Å². The predicted molar refractivity (Wildman–Crippen MR) is 112 cm³/mol. The van der Waals surface area contributed by atoms with Crippen molar-refractivity contribution in [2.45, 2.75) is 20.8 Å². The number of carbonyl (C=O) groups excluding carboxylic acids is 3. The van der Waals surface area contributed by atoms with E-state index in [1.54, 1.807) is 68.4 Å². The molecule has 0 spiro atoms. The van der Waals surface area contributed by atoms with Crippen LogP contribution in [0.2, 0.25) is 0 Å². The van der Waals surface area contributed by atoms with Crippen LogP contribution in [-0.4, -0.2) is 23.2 Å². The molecule has 0 aliphatic rings. The molecule has 3 aromatic rings. The van der Waals surface area contributed by atoms with Crippen LogP contribution in [0, 0.1) is 20.8 Å². The lowest BCUT2D eigenvalue weighted by atomic mass is 10.1. The van der Waals surface area contributed by atoms with Crippen molar-refractivity contribution in [1.29, 1.82) is 0 Å². The van der Waals surface area contributed by atoms with Crippen molar-refractivity contribution in [3.63, 3.8) is 0 Å². The Balaban J connectivity index is 0.000000262. The minimum Gasteiger partial charge on any atom is -0.296 e. The van der Waals surface area contributed by atoms with Gasteiger partial charge in [0.2, 0.25) is 0 Å². The summed E-state index contributed by atoms with van der Waals surface area (Å²) in [7, 11) is 0. The first kappa shape index (κ1) is 23.3. The fraction of sp³-hybridized carbons (Fsp3) is 0.125. The molecule has 0 fully saturated rings. The van der Waals surface area contributed by atoms with Gasteiger partial charge in [-0.05, 0) is 56.2 Å². The molecule has 3 aromatic carbocycles. The number of hydrogen-bond acceptors (Lipinski definition) is 7. The van der Waals surface area contributed by atoms with Crippen molar-refractivity contribution >= 4 is 17.9 Å². The van der Waals surface area contributed by atoms with E-state index in [0.717, 1.165) is 16.7 Å². The Morgan fingerprint density at radius 1 is 0.645 bits per heavy atom. The first-order valence-electron chi connectivity index (χ1n) is 9.30. The van der Waals surface area contributed by atoms with E-state index in [1.807, 2.05) is 25.1 Å². The Morgan fingerprint density at radius 2 is 1.13 bits per heavy atom. The second-order valence-electron chi connectivity index (χ2n) is 6.62. The zero-order chi connectivity index (χ0) is 22.8. The Kier molecular flexibility index (Phi) is 8.48. The third-order valence-electron chi connectivity index (χ3n) is 4.26. The summed E-state index contributed by atoms with van der Waals surface area (Å²) in [6, 6.07) is 20.6. The van der Waals surface area contributed by atoms with Gasteiger partial charge >= 0.3 is 17.9 Å². The fourth-order valence-corrected chi connectivity index (χ4v) is 2.59. The largest absolute Gasteiger partial charge is 0.386 e. The van der Waals surface area contributed by atoms with Gasteiger partial charge in [-0.15, -0.1) is 0 Å². The number of aryl methyl sites for hydroxylation is 3. The summed E-state index contributed by atoms with van der Waals surface area (Å²) >= 11 is 0. The van der Waals surface area contributed by atoms with E-state index in [9.17, 15) is 14.4 Å². The molecule has 0 saturated heterocycles. The Hall–Kier alpha value is -3.97. The van der Waals surface area contributed by atoms with Gasteiger partial charge < -0.3 is 0 Å². The fourth-order valence-electron chi connectivity index (χ4n) is 2.59. The van der Waals surface area contributed by atoms with Crippen molar-refractivity contribution in [3.05, 3.63) is 106 Å². The predicted octanol–water partition coefficient (Wildman–Crippen LogP) is 4.86. The van der Waals surface area contributed by atoms with Crippen molar-refractivity contribution in [2.24, 2.45) is 0 Å². The lowest BCUT2D eigenvalue weighted by molar-refractivity contribution is -0.187. The molecule has 0 aliphatic heterocycles. The summed E-state index contributed by atoms with van der Waals surface area (Å²) in [6.07, 6.45) is 0. The zero-order valence-corrected chi connectivity index (χ0v) is 17.3. The van der Waals surface area contributed by atoms with E-state index in [2.05, 4.69) is 14.7 Å². The molecule has 0 radical (unpaired) electrons. The SMILES string of the molecule is Cc1cccc(C(=O)OO)c1.Cc1ccccc1C(=O)OOC(=O)c1ccccc1C. The molecular weight excluding hydrogens is 400 g/mol. The van der Waals surface area contributed by atoms with Gasteiger partial charge in [-0.1, -0.05) is 54.1 Å². The average molecular weight is 422 g/mol. The van der Waals surface area contributed by atoms with Gasteiger partial charge in [0.1, 0.15) is 0 Å². The lowest BCUT2D eigenvalue weighted by Crippen LogP contribution is -2.13. The first-order chi connectivity index (χ1) is 14.8. The maximum atomic E-state index is 11.8. The van der Waals surface area contributed by atoms with Crippen LogP contribution in [0.5, 0.6) is 0 Å². The average Bonchev–Trinajstić information content (AvgIpc) is 2.77. The van der Waals surface area contributed by atoms with Gasteiger partial charge in [0, 0.05) is 0 Å². The maximum absolute atomic E-state index is 11.8. The van der Waals surface area contributed by atoms with Gasteiger partial charge in [0.25, 0.3) is 0 Å². The standard InChI is InChI=1S/C16H14O4.C8H8O3/c1-11-7-3-5-9-13(11)15(17)19-20-16(18)14-10-6-4-8-12(14)2;1-6-3-2-4-7(5-6)8(9)11-10/h3-10H,1-2H3;2-5,10H,1H3. The van der Waals surface area contributed by atoms with E-state index in [0.29, 0.717) is 16.7 Å². The van der Waals surface area contributed by atoms with Crippen LogP contribution < -0.4 is 0 Å². The van der Waals surface area contributed by atoms with Crippen LogP contribution in [0.15, 0.2) is 72.8 Å². The highest BCUT2D eigenvalue weighted by atomic mass is 17.2. The third-order valence-corrected chi connectivity index (χ3v) is 4.26. The molecule has 0 atom stereocenters. The highest BCUT2D eigenvalue weighted by Crippen LogP contribution is 2.12. The van der Waals surface area contributed by atoms with Crippen LogP contribution >= 0.6 is 0 Å².